The van der Waals surface area contributed by atoms with Crippen molar-refractivity contribution in [3.63, 3.8) is 0 Å². The molecule has 4 atom stereocenters. The maximum Gasteiger partial charge on any atom is 0.0577 e. The molecule has 2 fully saturated rings. The summed E-state index contributed by atoms with van der Waals surface area (Å²) in [6, 6.07) is 6.20. The summed E-state index contributed by atoms with van der Waals surface area (Å²) in [5.74, 6) is 2.75. The normalized spacial score (nSPS) is 31.6. The van der Waals surface area contributed by atoms with E-state index in [1.807, 2.05) is 18.2 Å². The average Bonchev–Trinajstić information content (AvgIpc) is 2.94. The fourth-order valence-corrected chi connectivity index (χ4v) is 4.10. The van der Waals surface area contributed by atoms with Gasteiger partial charge in [0.2, 0.25) is 0 Å². The molecule has 1 aromatic rings. The summed E-state index contributed by atoms with van der Waals surface area (Å²) in [5, 5.41) is 4.28. The number of hydrogen-bond donors (Lipinski definition) is 2. The van der Waals surface area contributed by atoms with Crippen LogP contribution < -0.4 is 11.1 Å². The predicted molar refractivity (Wildman–Crippen MR) is 77.9 cm³/mol. The monoisotopic (exact) mass is 264 g/mol. The molecular weight excluding hydrogens is 244 g/mol. The van der Waals surface area contributed by atoms with Crippen molar-refractivity contribution in [1.29, 1.82) is 0 Å². The van der Waals surface area contributed by atoms with Crippen molar-refractivity contribution >= 4 is 23.0 Å². The largest absolute Gasteiger partial charge is 0.397 e. The highest BCUT2D eigenvalue weighted by Gasteiger charge is 2.41. The van der Waals surface area contributed by atoms with Crippen molar-refractivity contribution in [1.82, 2.24) is 0 Å². The summed E-state index contributed by atoms with van der Waals surface area (Å²) in [6.07, 6.45) is 5.73. The van der Waals surface area contributed by atoms with Gasteiger partial charge in [-0.3, -0.25) is 0 Å². The molecule has 0 heterocycles. The molecule has 98 valence electrons. The Labute approximate surface area is 114 Å². The highest BCUT2D eigenvalue weighted by molar-refractivity contribution is 6.31. The van der Waals surface area contributed by atoms with Gasteiger partial charge in [0.05, 0.1) is 11.4 Å². The molecule has 2 aliphatic rings. The first-order valence-electron chi connectivity index (χ1n) is 6.95. The SMILES string of the molecule is CC(Nc1ccc(Cl)cc1N)C1CC2CCC1C2. The number of halogens is 1. The molecule has 3 heteroatoms. The Morgan fingerprint density at radius 3 is 2.78 bits per heavy atom. The molecule has 18 heavy (non-hydrogen) atoms. The second kappa shape index (κ2) is 4.65. The van der Waals surface area contributed by atoms with Crippen molar-refractivity contribution in [3.05, 3.63) is 23.2 Å². The summed E-state index contributed by atoms with van der Waals surface area (Å²) < 4.78 is 0. The summed E-state index contributed by atoms with van der Waals surface area (Å²) in [4.78, 5) is 0. The molecule has 0 aliphatic heterocycles. The Kier molecular flexibility index (Phi) is 3.14. The Morgan fingerprint density at radius 2 is 2.17 bits per heavy atom. The molecule has 2 nitrogen and oxygen atoms in total. The zero-order valence-electron chi connectivity index (χ0n) is 10.8. The van der Waals surface area contributed by atoms with Gasteiger partial charge in [0.1, 0.15) is 0 Å². The lowest BCUT2D eigenvalue weighted by molar-refractivity contribution is 0.304. The molecular formula is C15H21ClN2. The maximum absolute atomic E-state index is 6.00. The number of nitrogens with two attached hydrogens (primary N) is 1. The Bertz CT molecular complexity index is 446. The van der Waals surface area contributed by atoms with Crippen molar-refractivity contribution in [2.75, 3.05) is 11.1 Å². The number of benzene rings is 1. The van der Waals surface area contributed by atoms with Crippen LogP contribution in [0.3, 0.4) is 0 Å². The first kappa shape index (κ1) is 12.2. The van der Waals surface area contributed by atoms with Gasteiger partial charge in [-0.1, -0.05) is 18.0 Å². The van der Waals surface area contributed by atoms with E-state index in [4.69, 9.17) is 17.3 Å². The van der Waals surface area contributed by atoms with Crippen LogP contribution in [-0.4, -0.2) is 6.04 Å². The molecule has 4 unspecified atom stereocenters. The van der Waals surface area contributed by atoms with E-state index in [9.17, 15) is 0 Å². The minimum atomic E-state index is 0.503. The Balaban J connectivity index is 1.69. The third-order valence-electron chi connectivity index (χ3n) is 4.83. The third-order valence-corrected chi connectivity index (χ3v) is 5.07. The molecule has 0 spiro atoms. The lowest BCUT2D eigenvalue weighted by Crippen LogP contribution is -2.30. The molecule has 3 N–H and O–H groups in total. The van der Waals surface area contributed by atoms with Crippen LogP contribution in [0.25, 0.3) is 0 Å². The number of nitrogen functional groups attached to an aromatic ring is 1. The zero-order valence-corrected chi connectivity index (χ0v) is 11.6. The second-order valence-electron chi connectivity index (χ2n) is 6.00. The van der Waals surface area contributed by atoms with Crippen molar-refractivity contribution in [2.24, 2.45) is 17.8 Å². The van der Waals surface area contributed by atoms with Gasteiger partial charge in [0.15, 0.2) is 0 Å². The van der Waals surface area contributed by atoms with E-state index in [0.29, 0.717) is 11.1 Å². The highest BCUT2D eigenvalue weighted by atomic mass is 35.5. The van der Waals surface area contributed by atoms with Gasteiger partial charge in [-0.05, 0) is 62.1 Å². The summed E-state index contributed by atoms with van der Waals surface area (Å²) >= 11 is 5.92. The van der Waals surface area contributed by atoms with Crippen molar-refractivity contribution in [2.45, 2.75) is 38.6 Å². The maximum atomic E-state index is 6.00. The van der Waals surface area contributed by atoms with Crippen molar-refractivity contribution < 1.29 is 0 Å². The second-order valence-corrected chi connectivity index (χ2v) is 6.44. The summed E-state index contributed by atoms with van der Waals surface area (Å²) in [7, 11) is 0. The number of rotatable bonds is 3. The van der Waals surface area contributed by atoms with E-state index in [2.05, 4.69) is 12.2 Å². The minimum Gasteiger partial charge on any atom is -0.397 e. The van der Waals surface area contributed by atoms with Gasteiger partial charge < -0.3 is 11.1 Å². The quantitative estimate of drug-likeness (QED) is 0.805. The van der Waals surface area contributed by atoms with Gasteiger partial charge in [0.25, 0.3) is 0 Å². The van der Waals surface area contributed by atoms with E-state index in [1.54, 1.807) is 0 Å². The minimum absolute atomic E-state index is 0.503. The van der Waals surface area contributed by atoms with Crippen LogP contribution in [0.5, 0.6) is 0 Å². The van der Waals surface area contributed by atoms with Gasteiger partial charge in [0, 0.05) is 11.1 Å². The standard InChI is InChI=1S/C15H21ClN2/c1-9(13-7-10-2-3-11(13)6-10)18-15-5-4-12(16)8-14(15)17/h4-5,8-11,13,18H,2-3,6-7,17H2,1H3. The molecule has 0 radical (unpaired) electrons. The molecule has 0 aromatic heterocycles. The summed E-state index contributed by atoms with van der Waals surface area (Å²) in [5.41, 5.74) is 7.77. The van der Waals surface area contributed by atoms with E-state index < -0.39 is 0 Å². The Hall–Kier alpha value is -0.890. The number of nitrogens with one attached hydrogen (secondary N) is 1. The van der Waals surface area contributed by atoms with Crippen LogP contribution in [0, 0.1) is 17.8 Å². The molecule has 3 rings (SSSR count). The molecule has 2 aliphatic carbocycles. The molecule has 0 saturated heterocycles. The average molecular weight is 265 g/mol. The Morgan fingerprint density at radius 1 is 1.33 bits per heavy atom. The van der Waals surface area contributed by atoms with Crippen LogP contribution in [0.1, 0.15) is 32.6 Å². The van der Waals surface area contributed by atoms with Crippen LogP contribution in [0.2, 0.25) is 5.02 Å². The van der Waals surface area contributed by atoms with E-state index in [1.165, 1.54) is 25.7 Å². The lowest BCUT2D eigenvalue weighted by atomic mass is 9.84. The van der Waals surface area contributed by atoms with Gasteiger partial charge in [-0.2, -0.15) is 0 Å². The zero-order chi connectivity index (χ0) is 12.7. The lowest BCUT2D eigenvalue weighted by Gasteiger charge is -2.29. The first-order valence-corrected chi connectivity index (χ1v) is 7.33. The van der Waals surface area contributed by atoms with Gasteiger partial charge in [-0.15, -0.1) is 0 Å². The fraction of sp³-hybridized carbons (Fsp3) is 0.600. The van der Waals surface area contributed by atoms with E-state index in [0.717, 1.165) is 29.1 Å². The topological polar surface area (TPSA) is 38.0 Å². The highest BCUT2D eigenvalue weighted by Crippen LogP contribution is 2.50. The number of hydrogen-bond acceptors (Lipinski definition) is 2. The molecule has 2 bridgehead atoms. The summed E-state index contributed by atoms with van der Waals surface area (Å²) in [6.45, 7) is 2.29. The fourth-order valence-electron chi connectivity index (χ4n) is 3.92. The number of fused-ring (bicyclic) bond motifs is 2. The van der Waals surface area contributed by atoms with E-state index >= 15 is 0 Å². The van der Waals surface area contributed by atoms with Crippen LogP contribution in [0.15, 0.2) is 18.2 Å². The molecule has 2 saturated carbocycles. The van der Waals surface area contributed by atoms with Gasteiger partial charge in [-0.25, -0.2) is 0 Å². The first-order chi connectivity index (χ1) is 8.63. The number of anilines is 2. The smallest absolute Gasteiger partial charge is 0.0577 e. The molecule has 0 amide bonds. The van der Waals surface area contributed by atoms with Crippen LogP contribution in [-0.2, 0) is 0 Å². The van der Waals surface area contributed by atoms with Crippen LogP contribution in [0.4, 0.5) is 11.4 Å². The molecule has 1 aromatic carbocycles. The predicted octanol–water partition coefficient (Wildman–Crippen LogP) is 4.16. The third kappa shape index (κ3) is 2.18. The van der Waals surface area contributed by atoms with Gasteiger partial charge >= 0.3 is 0 Å². The van der Waals surface area contributed by atoms with Crippen molar-refractivity contribution in [3.8, 4) is 0 Å². The van der Waals surface area contributed by atoms with Crippen LogP contribution >= 0.6 is 11.6 Å². The van der Waals surface area contributed by atoms with E-state index in [-0.39, 0.29) is 0 Å².